The second-order valence-electron chi connectivity index (χ2n) is 4.16. The molecule has 4 nitrogen and oxygen atoms in total. The second kappa shape index (κ2) is 5.07. The third-order valence-electron chi connectivity index (χ3n) is 2.80. The van der Waals surface area contributed by atoms with Gasteiger partial charge >= 0.3 is 0 Å². The molecule has 1 amide bonds. The molecule has 3 rings (SSSR count). The van der Waals surface area contributed by atoms with Crippen LogP contribution >= 0.6 is 11.3 Å². The molecular formula is C13H11FN2O2S. The monoisotopic (exact) mass is 278 g/mol. The van der Waals surface area contributed by atoms with E-state index < -0.39 is 5.82 Å². The van der Waals surface area contributed by atoms with Crippen LogP contribution in [0.25, 0.3) is 0 Å². The lowest BCUT2D eigenvalue weighted by atomic mass is 10.2. The number of amides is 1. The van der Waals surface area contributed by atoms with E-state index in [2.05, 4.69) is 10.3 Å². The third-order valence-corrected chi connectivity index (χ3v) is 3.79. The van der Waals surface area contributed by atoms with Crippen LogP contribution in [0.4, 0.5) is 9.52 Å². The Balaban J connectivity index is 1.77. The van der Waals surface area contributed by atoms with Gasteiger partial charge in [0.1, 0.15) is 5.82 Å². The minimum Gasteiger partial charge on any atom is -0.375 e. The zero-order valence-corrected chi connectivity index (χ0v) is 10.8. The Labute approximate surface area is 113 Å². The number of thiazole rings is 1. The highest BCUT2D eigenvalue weighted by Crippen LogP contribution is 2.27. The van der Waals surface area contributed by atoms with E-state index in [1.54, 1.807) is 6.07 Å². The number of nitrogens with zero attached hydrogens (tertiary/aromatic N) is 1. The average Bonchev–Trinajstić information content (AvgIpc) is 2.80. The molecule has 0 saturated heterocycles. The number of hydrogen-bond donors (Lipinski definition) is 1. The second-order valence-corrected chi connectivity index (χ2v) is 5.24. The first-order valence-electron chi connectivity index (χ1n) is 5.85. The normalized spacial score (nSPS) is 13.9. The Hall–Kier alpha value is -1.79. The molecule has 98 valence electrons. The first-order chi connectivity index (χ1) is 9.22. The molecule has 1 N–H and O–H groups in total. The maximum atomic E-state index is 13.0. The first kappa shape index (κ1) is 12.3. The summed E-state index contributed by atoms with van der Waals surface area (Å²) in [5.41, 5.74) is 1.26. The molecule has 0 fully saturated rings. The van der Waals surface area contributed by atoms with Crippen LogP contribution in [0.5, 0.6) is 0 Å². The lowest BCUT2D eigenvalue weighted by Gasteiger charge is -2.08. The van der Waals surface area contributed by atoms with E-state index in [1.165, 1.54) is 29.5 Å². The van der Waals surface area contributed by atoms with Gasteiger partial charge in [-0.3, -0.25) is 10.1 Å². The van der Waals surface area contributed by atoms with E-state index >= 15 is 0 Å². The molecule has 0 aliphatic carbocycles. The molecule has 0 bridgehead atoms. The molecule has 1 aliphatic rings. The van der Waals surface area contributed by atoms with Gasteiger partial charge in [0.25, 0.3) is 5.91 Å². The maximum Gasteiger partial charge on any atom is 0.257 e. The van der Waals surface area contributed by atoms with E-state index in [0.29, 0.717) is 18.3 Å². The van der Waals surface area contributed by atoms with Crippen molar-refractivity contribution in [2.45, 2.75) is 13.0 Å². The number of nitrogens with one attached hydrogen (secondary N) is 1. The molecule has 1 aromatic heterocycles. The summed E-state index contributed by atoms with van der Waals surface area (Å²) in [6.45, 7) is 1.21. The highest BCUT2D eigenvalue weighted by molar-refractivity contribution is 7.15. The van der Waals surface area contributed by atoms with Gasteiger partial charge in [-0.05, 0) is 18.2 Å². The zero-order chi connectivity index (χ0) is 13.2. The summed E-state index contributed by atoms with van der Waals surface area (Å²) in [5, 5.41) is 3.22. The van der Waals surface area contributed by atoms with E-state index in [1.807, 2.05) is 0 Å². The van der Waals surface area contributed by atoms with Gasteiger partial charge in [0.15, 0.2) is 5.13 Å². The van der Waals surface area contributed by atoms with Gasteiger partial charge < -0.3 is 4.74 Å². The van der Waals surface area contributed by atoms with Crippen molar-refractivity contribution in [1.82, 2.24) is 4.98 Å². The number of hydrogen-bond acceptors (Lipinski definition) is 4. The average molecular weight is 278 g/mol. The third kappa shape index (κ3) is 2.64. The van der Waals surface area contributed by atoms with Gasteiger partial charge in [-0.25, -0.2) is 9.37 Å². The molecule has 0 spiro atoms. The number of ether oxygens (including phenoxy) is 1. The van der Waals surface area contributed by atoms with Gasteiger partial charge in [0.05, 0.1) is 23.8 Å². The van der Waals surface area contributed by atoms with Crippen molar-refractivity contribution < 1.29 is 13.9 Å². The molecule has 1 aliphatic heterocycles. The molecule has 0 saturated carbocycles. The van der Waals surface area contributed by atoms with Crippen LogP contribution < -0.4 is 5.32 Å². The summed E-state index contributed by atoms with van der Waals surface area (Å²) in [6, 6.07) is 5.57. The van der Waals surface area contributed by atoms with Crippen molar-refractivity contribution in [2.24, 2.45) is 0 Å². The Morgan fingerprint density at radius 2 is 2.37 bits per heavy atom. The number of fused-ring (bicyclic) bond motifs is 1. The number of carbonyl (C=O) groups is 1. The van der Waals surface area contributed by atoms with Crippen molar-refractivity contribution in [2.75, 3.05) is 11.9 Å². The number of aromatic nitrogens is 1. The number of benzene rings is 1. The van der Waals surface area contributed by atoms with Crippen LogP contribution in [-0.4, -0.2) is 17.5 Å². The van der Waals surface area contributed by atoms with Gasteiger partial charge in [-0.2, -0.15) is 0 Å². The summed E-state index contributed by atoms with van der Waals surface area (Å²) >= 11 is 1.40. The summed E-state index contributed by atoms with van der Waals surface area (Å²) in [5.74, 6) is -0.786. The van der Waals surface area contributed by atoms with Crippen molar-refractivity contribution in [1.29, 1.82) is 0 Å². The quantitative estimate of drug-likeness (QED) is 0.918. The van der Waals surface area contributed by atoms with Gasteiger partial charge in [0.2, 0.25) is 0 Å². The Bertz CT molecular complexity index is 603. The molecule has 6 heteroatoms. The molecule has 19 heavy (non-hydrogen) atoms. The molecule has 2 heterocycles. The standard InChI is InChI=1S/C13H11FN2O2S/c14-9-3-1-2-8(6-9)12(17)16-13-15-10-4-5-18-7-11(10)19-13/h1-3,6H,4-5,7H2,(H,15,16,17). The van der Waals surface area contributed by atoms with Crippen molar-refractivity contribution >= 4 is 22.4 Å². The fourth-order valence-corrected chi connectivity index (χ4v) is 2.82. The van der Waals surface area contributed by atoms with E-state index in [4.69, 9.17) is 4.74 Å². The first-order valence-corrected chi connectivity index (χ1v) is 6.67. The van der Waals surface area contributed by atoms with E-state index in [-0.39, 0.29) is 11.5 Å². The van der Waals surface area contributed by atoms with Gasteiger partial charge in [0, 0.05) is 12.0 Å². The smallest absolute Gasteiger partial charge is 0.257 e. The molecule has 0 radical (unpaired) electrons. The summed E-state index contributed by atoms with van der Waals surface area (Å²) in [7, 11) is 0. The zero-order valence-electron chi connectivity index (χ0n) is 9.98. The topological polar surface area (TPSA) is 51.2 Å². The number of halogens is 1. The van der Waals surface area contributed by atoms with Crippen LogP contribution in [0, 0.1) is 5.82 Å². The molecular weight excluding hydrogens is 267 g/mol. The summed E-state index contributed by atoms with van der Waals surface area (Å²) in [4.78, 5) is 17.3. The fraction of sp³-hybridized carbons (Fsp3) is 0.231. The predicted octanol–water partition coefficient (Wildman–Crippen LogP) is 2.61. The van der Waals surface area contributed by atoms with Crippen molar-refractivity contribution in [3.05, 3.63) is 46.2 Å². The molecule has 2 aromatic rings. The predicted molar refractivity (Wildman–Crippen MR) is 69.8 cm³/mol. The maximum absolute atomic E-state index is 13.0. The summed E-state index contributed by atoms with van der Waals surface area (Å²) in [6.07, 6.45) is 0.766. The molecule has 0 atom stereocenters. The lowest BCUT2D eigenvalue weighted by Crippen LogP contribution is -2.12. The van der Waals surface area contributed by atoms with Crippen molar-refractivity contribution in [3.63, 3.8) is 0 Å². The van der Waals surface area contributed by atoms with Crippen molar-refractivity contribution in [3.8, 4) is 0 Å². The Morgan fingerprint density at radius 1 is 1.47 bits per heavy atom. The minimum absolute atomic E-state index is 0.282. The van der Waals surface area contributed by atoms with Gasteiger partial charge in [-0.1, -0.05) is 17.4 Å². The van der Waals surface area contributed by atoms with Crippen LogP contribution in [0.15, 0.2) is 24.3 Å². The van der Waals surface area contributed by atoms with Crippen LogP contribution in [0.2, 0.25) is 0 Å². The lowest BCUT2D eigenvalue weighted by molar-refractivity contribution is 0.102. The number of anilines is 1. The van der Waals surface area contributed by atoms with Crippen LogP contribution in [0.3, 0.4) is 0 Å². The molecule has 1 aromatic carbocycles. The Morgan fingerprint density at radius 3 is 3.16 bits per heavy atom. The fourth-order valence-electron chi connectivity index (χ4n) is 1.88. The SMILES string of the molecule is O=C(Nc1nc2c(s1)COCC2)c1cccc(F)c1. The van der Waals surface area contributed by atoms with E-state index in [9.17, 15) is 9.18 Å². The van der Waals surface area contributed by atoms with Gasteiger partial charge in [-0.15, -0.1) is 0 Å². The van der Waals surface area contributed by atoms with E-state index in [0.717, 1.165) is 17.0 Å². The largest absolute Gasteiger partial charge is 0.375 e. The summed E-state index contributed by atoms with van der Waals surface area (Å²) < 4.78 is 18.4. The Kier molecular flexibility index (Phi) is 3.27. The van der Waals surface area contributed by atoms with Crippen LogP contribution in [0.1, 0.15) is 20.9 Å². The minimum atomic E-state index is -0.431. The number of rotatable bonds is 2. The number of carbonyl (C=O) groups excluding carboxylic acids is 1. The molecule has 0 unspecified atom stereocenters. The highest BCUT2D eigenvalue weighted by atomic mass is 32.1. The van der Waals surface area contributed by atoms with Crippen LogP contribution in [-0.2, 0) is 17.8 Å². The highest BCUT2D eigenvalue weighted by Gasteiger charge is 2.17.